The van der Waals surface area contributed by atoms with Gasteiger partial charge in [-0.25, -0.2) is 4.79 Å². The highest BCUT2D eigenvalue weighted by Crippen LogP contribution is 2.19. The first-order valence-electron chi connectivity index (χ1n) is 4.25. The predicted octanol–water partition coefficient (Wildman–Crippen LogP) is 0.722. The summed E-state index contributed by atoms with van der Waals surface area (Å²) in [6.45, 7) is 0. The van der Waals surface area contributed by atoms with Crippen molar-refractivity contribution >= 4 is 11.7 Å². The van der Waals surface area contributed by atoms with Crippen molar-refractivity contribution in [2.24, 2.45) is 0 Å². The molecule has 0 aliphatic heterocycles. The third-order valence-electron chi connectivity index (χ3n) is 1.92. The number of aliphatic carboxylic acids is 1. The molecule has 0 saturated heterocycles. The predicted molar refractivity (Wildman–Crippen MR) is 50.4 cm³/mol. The molecule has 0 radical (unpaired) electrons. The van der Waals surface area contributed by atoms with Gasteiger partial charge < -0.3 is 10.2 Å². The summed E-state index contributed by atoms with van der Waals surface area (Å²) in [6.07, 6.45) is -1.97. The van der Waals surface area contributed by atoms with E-state index in [1.54, 1.807) is 0 Å². The number of nitro benzene ring substituents is 1. The molecule has 1 aromatic rings. The quantitative estimate of drug-likeness (QED) is 0.585. The van der Waals surface area contributed by atoms with Crippen LogP contribution < -0.4 is 0 Å². The van der Waals surface area contributed by atoms with Crippen LogP contribution in [0.5, 0.6) is 0 Å². The van der Waals surface area contributed by atoms with E-state index >= 15 is 0 Å². The van der Waals surface area contributed by atoms with Crippen molar-refractivity contribution < 1.29 is 24.3 Å². The SMILES string of the molecule is O=C(O)C(O)Cc1ccc(F)c([N+](=O)[O-])c1. The van der Waals surface area contributed by atoms with Gasteiger partial charge in [0, 0.05) is 12.5 Å². The smallest absolute Gasteiger partial charge is 0.332 e. The molecule has 0 heterocycles. The molecule has 1 aromatic carbocycles. The zero-order valence-electron chi connectivity index (χ0n) is 7.96. The van der Waals surface area contributed by atoms with Gasteiger partial charge in [0.1, 0.15) is 0 Å². The number of nitrogens with zero attached hydrogens (tertiary/aromatic N) is 1. The minimum absolute atomic E-state index is 0.183. The maximum atomic E-state index is 12.9. The van der Waals surface area contributed by atoms with Crippen LogP contribution in [0.2, 0.25) is 0 Å². The Balaban J connectivity index is 2.95. The number of benzene rings is 1. The van der Waals surface area contributed by atoms with Crippen LogP contribution in [-0.2, 0) is 11.2 Å². The molecule has 7 heteroatoms. The molecule has 0 aliphatic rings. The van der Waals surface area contributed by atoms with Gasteiger partial charge >= 0.3 is 11.7 Å². The largest absolute Gasteiger partial charge is 0.479 e. The van der Waals surface area contributed by atoms with Gasteiger partial charge in [0.2, 0.25) is 5.82 Å². The van der Waals surface area contributed by atoms with E-state index in [2.05, 4.69) is 0 Å². The molecule has 0 saturated carbocycles. The van der Waals surface area contributed by atoms with E-state index in [0.717, 1.165) is 12.1 Å². The third kappa shape index (κ3) is 2.74. The number of carboxylic acids is 1. The first-order valence-corrected chi connectivity index (χ1v) is 4.25. The number of carboxylic acid groups (broad SMARTS) is 1. The number of hydrogen-bond donors (Lipinski definition) is 2. The number of hydrogen-bond acceptors (Lipinski definition) is 4. The van der Waals surface area contributed by atoms with Gasteiger partial charge in [0.25, 0.3) is 0 Å². The van der Waals surface area contributed by atoms with Gasteiger partial charge in [-0.15, -0.1) is 0 Å². The van der Waals surface area contributed by atoms with Crippen LogP contribution in [0.4, 0.5) is 10.1 Å². The molecule has 1 rings (SSSR count). The zero-order chi connectivity index (χ0) is 12.3. The molecule has 0 bridgehead atoms. The fourth-order valence-corrected chi connectivity index (χ4v) is 1.14. The molecule has 0 aromatic heterocycles. The fraction of sp³-hybridized carbons (Fsp3) is 0.222. The molecule has 0 fully saturated rings. The van der Waals surface area contributed by atoms with Gasteiger partial charge in [0.05, 0.1) is 4.92 Å². The van der Waals surface area contributed by atoms with Crippen LogP contribution in [-0.4, -0.2) is 27.2 Å². The van der Waals surface area contributed by atoms with Gasteiger partial charge in [-0.05, 0) is 11.6 Å². The second kappa shape index (κ2) is 4.67. The van der Waals surface area contributed by atoms with Crippen molar-refractivity contribution in [1.82, 2.24) is 0 Å². The standard InChI is InChI=1S/C9H8FNO5/c10-6-2-1-5(3-7(6)11(15)16)4-8(12)9(13)14/h1-3,8,12H,4H2,(H,13,14). The van der Waals surface area contributed by atoms with E-state index in [9.17, 15) is 19.3 Å². The molecule has 0 spiro atoms. The number of carbonyl (C=O) groups is 1. The van der Waals surface area contributed by atoms with E-state index in [-0.39, 0.29) is 12.0 Å². The van der Waals surface area contributed by atoms with Crippen LogP contribution in [0.15, 0.2) is 18.2 Å². The molecule has 0 amide bonds. The Labute approximate surface area is 89.1 Å². The number of rotatable bonds is 4. The zero-order valence-corrected chi connectivity index (χ0v) is 7.96. The van der Waals surface area contributed by atoms with Crippen LogP contribution in [0, 0.1) is 15.9 Å². The van der Waals surface area contributed by atoms with E-state index in [1.807, 2.05) is 0 Å². The lowest BCUT2D eigenvalue weighted by Crippen LogP contribution is -2.22. The molecule has 1 unspecified atom stereocenters. The summed E-state index contributed by atoms with van der Waals surface area (Å²) in [4.78, 5) is 19.8. The maximum absolute atomic E-state index is 12.9. The Hall–Kier alpha value is -2.02. The van der Waals surface area contributed by atoms with Gasteiger partial charge in [0.15, 0.2) is 6.10 Å². The van der Waals surface area contributed by atoms with Crippen molar-refractivity contribution in [3.05, 3.63) is 39.7 Å². The fourth-order valence-electron chi connectivity index (χ4n) is 1.14. The number of nitro groups is 1. The summed E-state index contributed by atoms with van der Waals surface area (Å²) in [5.41, 5.74) is -0.557. The molecule has 0 aliphatic carbocycles. The Morgan fingerprint density at radius 1 is 1.56 bits per heavy atom. The molecular formula is C9H8FNO5. The summed E-state index contributed by atoms with van der Waals surface area (Å²) in [7, 11) is 0. The lowest BCUT2D eigenvalue weighted by Gasteiger charge is -2.05. The summed E-state index contributed by atoms with van der Waals surface area (Å²) < 4.78 is 12.9. The van der Waals surface area contributed by atoms with Crippen molar-refractivity contribution in [3.63, 3.8) is 0 Å². The van der Waals surface area contributed by atoms with Gasteiger partial charge in [-0.2, -0.15) is 4.39 Å². The van der Waals surface area contributed by atoms with E-state index in [4.69, 9.17) is 10.2 Å². The van der Waals surface area contributed by atoms with E-state index in [0.29, 0.717) is 0 Å². The molecule has 6 nitrogen and oxygen atoms in total. The Bertz CT molecular complexity index is 434. The second-order valence-electron chi connectivity index (χ2n) is 3.10. The Morgan fingerprint density at radius 2 is 2.19 bits per heavy atom. The summed E-state index contributed by atoms with van der Waals surface area (Å²) >= 11 is 0. The van der Waals surface area contributed by atoms with E-state index < -0.39 is 28.5 Å². The van der Waals surface area contributed by atoms with Crippen molar-refractivity contribution in [2.75, 3.05) is 0 Å². The molecular weight excluding hydrogens is 221 g/mol. The van der Waals surface area contributed by atoms with Gasteiger partial charge in [-0.1, -0.05) is 6.07 Å². The third-order valence-corrected chi connectivity index (χ3v) is 1.92. The first kappa shape index (κ1) is 12.1. The number of halogens is 1. The highest BCUT2D eigenvalue weighted by Gasteiger charge is 2.18. The summed E-state index contributed by atoms with van der Waals surface area (Å²) in [5, 5.41) is 27.8. The number of aliphatic hydroxyl groups excluding tert-OH is 1. The minimum Gasteiger partial charge on any atom is -0.479 e. The Kier molecular flexibility index (Phi) is 3.51. The monoisotopic (exact) mass is 229 g/mol. The average Bonchev–Trinajstić information content (AvgIpc) is 2.20. The first-order chi connectivity index (χ1) is 7.41. The average molecular weight is 229 g/mol. The molecule has 2 N–H and O–H groups in total. The van der Waals surface area contributed by atoms with Crippen LogP contribution in [0.3, 0.4) is 0 Å². The summed E-state index contributed by atoms with van der Waals surface area (Å²) in [6, 6.07) is 2.96. The Morgan fingerprint density at radius 3 is 2.69 bits per heavy atom. The molecule has 86 valence electrons. The highest BCUT2D eigenvalue weighted by atomic mass is 19.1. The van der Waals surface area contributed by atoms with E-state index in [1.165, 1.54) is 6.07 Å². The second-order valence-corrected chi connectivity index (χ2v) is 3.10. The van der Waals surface area contributed by atoms with Crippen LogP contribution in [0.25, 0.3) is 0 Å². The van der Waals surface area contributed by atoms with Crippen LogP contribution in [0.1, 0.15) is 5.56 Å². The van der Waals surface area contributed by atoms with Crippen molar-refractivity contribution in [1.29, 1.82) is 0 Å². The van der Waals surface area contributed by atoms with Crippen LogP contribution >= 0.6 is 0 Å². The van der Waals surface area contributed by atoms with Gasteiger partial charge in [-0.3, -0.25) is 10.1 Å². The normalized spacial score (nSPS) is 12.1. The van der Waals surface area contributed by atoms with Crippen molar-refractivity contribution in [2.45, 2.75) is 12.5 Å². The lowest BCUT2D eigenvalue weighted by atomic mass is 10.1. The lowest BCUT2D eigenvalue weighted by molar-refractivity contribution is -0.387. The molecule has 16 heavy (non-hydrogen) atoms. The topological polar surface area (TPSA) is 101 Å². The number of aliphatic hydroxyl groups is 1. The summed E-state index contributed by atoms with van der Waals surface area (Å²) in [5.74, 6) is -2.44. The van der Waals surface area contributed by atoms with Crippen molar-refractivity contribution in [3.8, 4) is 0 Å². The minimum atomic E-state index is -1.66. The highest BCUT2D eigenvalue weighted by molar-refractivity contribution is 5.72. The molecule has 1 atom stereocenters. The maximum Gasteiger partial charge on any atom is 0.332 e.